The molecule has 0 unspecified atom stereocenters. The topological polar surface area (TPSA) is 42.0 Å². The van der Waals surface area contributed by atoms with Crippen LogP contribution in [0.2, 0.25) is 5.02 Å². The van der Waals surface area contributed by atoms with Crippen LogP contribution in [0.5, 0.6) is 0 Å². The van der Waals surface area contributed by atoms with Crippen LogP contribution in [0.15, 0.2) is 42.6 Å². The van der Waals surface area contributed by atoms with Gasteiger partial charge >= 0.3 is 0 Å². The van der Waals surface area contributed by atoms with Crippen LogP contribution in [-0.4, -0.2) is 10.9 Å². The van der Waals surface area contributed by atoms with E-state index in [9.17, 15) is 4.79 Å². The Labute approximate surface area is 138 Å². The molecule has 0 aliphatic carbocycles. The lowest BCUT2D eigenvalue weighted by atomic mass is 10.2. The van der Waals surface area contributed by atoms with E-state index in [-0.39, 0.29) is 5.91 Å². The molecular weight excluding hydrogens is 296 g/mol. The van der Waals surface area contributed by atoms with Gasteiger partial charge < -0.3 is 5.32 Å². The van der Waals surface area contributed by atoms with Crippen LogP contribution in [-0.2, 0) is 6.54 Å². The third-order valence-corrected chi connectivity index (χ3v) is 2.77. The Bertz CT molecular complexity index is 553. The minimum atomic E-state index is -0.173. The van der Waals surface area contributed by atoms with Crippen LogP contribution in [0.25, 0.3) is 0 Å². The molecule has 4 heteroatoms. The number of amides is 1. The number of hydrogen-bond donors (Lipinski definition) is 1. The monoisotopic (exact) mass is 320 g/mol. The third-order valence-electron chi connectivity index (χ3n) is 2.51. The lowest BCUT2D eigenvalue weighted by Gasteiger charge is -2.05. The molecule has 0 spiro atoms. The number of aromatic nitrogens is 1. The number of rotatable bonds is 3. The van der Waals surface area contributed by atoms with Crippen molar-refractivity contribution in [2.75, 3.05) is 0 Å². The normalized spacial score (nSPS) is 8.82. The van der Waals surface area contributed by atoms with Gasteiger partial charge in [-0.05, 0) is 42.3 Å². The first-order valence-electron chi connectivity index (χ1n) is 7.60. The van der Waals surface area contributed by atoms with Gasteiger partial charge in [-0.1, -0.05) is 51.4 Å². The van der Waals surface area contributed by atoms with E-state index >= 15 is 0 Å². The number of nitrogens with one attached hydrogen (secondary N) is 1. The lowest BCUT2D eigenvalue weighted by Crippen LogP contribution is -2.23. The predicted octanol–water partition coefficient (Wildman–Crippen LogP) is 5.03. The highest BCUT2D eigenvalue weighted by atomic mass is 35.5. The number of benzene rings is 1. The summed E-state index contributed by atoms with van der Waals surface area (Å²) < 4.78 is 0. The quantitative estimate of drug-likeness (QED) is 0.862. The van der Waals surface area contributed by atoms with Crippen LogP contribution in [0.4, 0.5) is 0 Å². The molecule has 1 N–H and O–H groups in total. The number of carbonyl (C=O) groups excluding carboxylic acids is 1. The van der Waals surface area contributed by atoms with Crippen molar-refractivity contribution < 1.29 is 4.79 Å². The van der Waals surface area contributed by atoms with Crippen molar-refractivity contribution in [3.63, 3.8) is 0 Å². The molecule has 0 aliphatic rings. The van der Waals surface area contributed by atoms with Crippen molar-refractivity contribution in [1.82, 2.24) is 10.3 Å². The molecule has 0 radical (unpaired) electrons. The Morgan fingerprint density at radius 1 is 1.09 bits per heavy atom. The molecule has 3 nitrogen and oxygen atoms in total. The van der Waals surface area contributed by atoms with Crippen molar-refractivity contribution >= 4 is 17.5 Å². The summed E-state index contributed by atoms with van der Waals surface area (Å²) >= 11 is 5.79. The molecule has 0 bridgehead atoms. The van der Waals surface area contributed by atoms with Crippen LogP contribution < -0.4 is 5.32 Å². The largest absolute Gasteiger partial charge is 0.347 e. The molecule has 0 saturated heterocycles. The summed E-state index contributed by atoms with van der Waals surface area (Å²) in [5.74, 6) is -0.173. The molecule has 22 heavy (non-hydrogen) atoms. The number of hydrogen-bond acceptors (Lipinski definition) is 2. The van der Waals surface area contributed by atoms with E-state index in [1.165, 1.54) is 0 Å². The van der Waals surface area contributed by atoms with E-state index in [1.54, 1.807) is 24.4 Å². The van der Waals surface area contributed by atoms with Crippen LogP contribution in [0.1, 0.15) is 49.3 Å². The number of halogens is 1. The highest BCUT2D eigenvalue weighted by Gasteiger charge is 2.06. The Hall–Kier alpha value is -1.87. The molecule has 1 aromatic heterocycles. The van der Waals surface area contributed by atoms with Gasteiger partial charge in [-0.15, -0.1) is 0 Å². The second-order valence-corrected chi connectivity index (χ2v) is 4.46. The van der Waals surface area contributed by atoms with Crippen LogP contribution >= 0.6 is 11.6 Å². The Balaban J connectivity index is 0.00000102. The summed E-state index contributed by atoms with van der Waals surface area (Å²) in [5.41, 5.74) is 2.45. The lowest BCUT2D eigenvalue weighted by molar-refractivity contribution is 0.0946. The number of pyridine rings is 1. The summed E-state index contributed by atoms with van der Waals surface area (Å²) in [5, 5.41) is 3.50. The summed E-state index contributed by atoms with van der Waals surface area (Å²) in [6, 6.07) is 11.0. The van der Waals surface area contributed by atoms with Gasteiger partial charge in [0.2, 0.25) is 0 Å². The molecule has 2 rings (SSSR count). The molecule has 0 aliphatic heterocycles. The first-order chi connectivity index (χ1) is 10.6. The van der Waals surface area contributed by atoms with E-state index in [1.807, 2.05) is 52.8 Å². The summed E-state index contributed by atoms with van der Waals surface area (Å²) in [7, 11) is 0. The molecule has 120 valence electrons. The zero-order valence-corrected chi connectivity index (χ0v) is 14.7. The van der Waals surface area contributed by atoms with Gasteiger partial charge in [0.1, 0.15) is 5.69 Å². The van der Waals surface area contributed by atoms with Gasteiger partial charge in [-0.2, -0.15) is 0 Å². The maximum Gasteiger partial charge on any atom is 0.270 e. The van der Waals surface area contributed by atoms with E-state index < -0.39 is 0 Å². The van der Waals surface area contributed by atoms with Crippen molar-refractivity contribution in [3.05, 3.63) is 64.4 Å². The average Bonchev–Trinajstić information content (AvgIpc) is 2.58. The zero-order chi connectivity index (χ0) is 17.0. The second-order valence-electron chi connectivity index (χ2n) is 4.03. The van der Waals surface area contributed by atoms with Crippen LogP contribution in [0, 0.1) is 6.92 Å². The fourth-order valence-corrected chi connectivity index (χ4v) is 1.66. The van der Waals surface area contributed by atoms with E-state index in [4.69, 9.17) is 11.6 Å². The standard InChI is InChI=1S/C14H13ClN2O.2C2H6/c1-10-6-7-16-13(8-10)14(18)17-9-11-2-4-12(15)5-3-11;2*1-2/h2-8H,9H2,1H3,(H,17,18);2*1-2H3. The van der Waals surface area contributed by atoms with E-state index in [0.29, 0.717) is 17.3 Å². The minimum Gasteiger partial charge on any atom is -0.347 e. The number of aryl methyl sites for hydroxylation is 1. The van der Waals surface area contributed by atoms with Crippen molar-refractivity contribution in [2.45, 2.75) is 41.2 Å². The first kappa shape index (κ1) is 20.1. The average molecular weight is 321 g/mol. The van der Waals surface area contributed by atoms with Gasteiger partial charge in [0.25, 0.3) is 5.91 Å². The molecule has 0 saturated carbocycles. The van der Waals surface area contributed by atoms with Crippen LogP contribution in [0.3, 0.4) is 0 Å². The molecule has 1 amide bonds. The number of carbonyl (C=O) groups is 1. The summed E-state index contributed by atoms with van der Waals surface area (Å²) in [6.45, 7) is 10.4. The highest BCUT2D eigenvalue weighted by Crippen LogP contribution is 2.09. The second kappa shape index (κ2) is 11.8. The Morgan fingerprint density at radius 3 is 2.23 bits per heavy atom. The SMILES string of the molecule is CC.CC.Cc1ccnc(C(=O)NCc2ccc(Cl)cc2)c1. The maximum absolute atomic E-state index is 11.8. The highest BCUT2D eigenvalue weighted by molar-refractivity contribution is 6.30. The minimum absolute atomic E-state index is 0.173. The van der Waals surface area contributed by atoms with Gasteiger partial charge in [0, 0.05) is 17.8 Å². The smallest absolute Gasteiger partial charge is 0.270 e. The zero-order valence-electron chi connectivity index (χ0n) is 14.0. The maximum atomic E-state index is 11.8. The van der Waals surface area contributed by atoms with Gasteiger partial charge in [0.05, 0.1) is 0 Å². The van der Waals surface area contributed by atoms with Crippen molar-refractivity contribution in [3.8, 4) is 0 Å². The molecule has 1 heterocycles. The Morgan fingerprint density at radius 2 is 1.68 bits per heavy atom. The fourth-order valence-electron chi connectivity index (χ4n) is 1.54. The first-order valence-corrected chi connectivity index (χ1v) is 7.98. The Kier molecular flexibility index (Phi) is 10.8. The van der Waals surface area contributed by atoms with Crippen molar-refractivity contribution in [1.29, 1.82) is 0 Å². The predicted molar refractivity (Wildman–Crippen MR) is 94.3 cm³/mol. The summed E-state index contributed by atoms with van der Waals surface area (Å²) in [4.78, 5) is 15.9. The number of nitrogens with zero attached hydrogens (tertiary/aromatic N) is 1. The fraction of sp³-hybridized carbons (Fsp3) is 0.333. The van der Waals surface area contributed by atoms with Gasteiger partial charge in [0.15, 0.2) is 0 Å². The molecule has 1 aromatic carbocycles. The van der Waals surface area contributed by atoms with Gasteiger partial charge in [-0.3, -0.25) is 9.78 Å². The molecule has 2 aromatic rings. The van der Waals surface area contributed by atoms with Crippen molar-refractivity contribution in [2.24, 2.45) is 0 Å². The molecule has 0 atom stereocenters. The van der Waals surface area contributed by atoms with Gasteiger partial charge in [-0.25, -0.2) is 0 Å². The molecule has 0 fully saturated rings. The van der Waals surface area contributed by atoms with E-state index in [0.717, 1.165) is 11.1 Å². The third kappa shape index (κ3) is 7.23. The molecular formula is C18H25ClN2O. The summed E-state index contributed by atoms with van der Waals surface area (Å²) in [6.07, 6.45) is 1.63. The van der Waals surface area contributed by atoms with E-state index in [2.05, 4.69) is 10.3 Å².